The van der Waals surface area contributed by atoms with E-state index in [1.165, 1.54) is 32.4 Å². The van der Waals surface area contributed by atoms with Gasteiger partial charge in [-0.1, -0.05) is 13.8 Å². The number of rotatable bonds is 2. The van der Waals surface area contributed by atoms with Crippen molar-refractivity contribution in [2.24, 2.45) is 11.8 Å². The van der Waals surface area contributed by atoms with Crippen LogP contribution in [0.1, 0.15) is 33.1 Å². The molecule has 1 saturated heterocycles. The minimum atomic E-state index is 0.880. The molecule has 1 heterocycles. The van der Waals surface area contributed by atoms with E-state index in [1.807, 2.05) is 0 Å². The molecule has 1 N–H and O–H groups in total. The van der Waals surface area contributed by atoms with E-state index in [4.69, 9.17) is 0 Å². The molecule has 1 atom stereocenters. The zero-order valence-electron chi connectivity index (χ0n) is 7.19. The molecule has 0 aromatic carbocycles. The lowest BCUT2D eigenvalue weighted by molar-refractivity contribution is 0.322. The van der Waals surface area contributed by atoms with E-state index in [2.05, 4.69) is 19.2 Å². The van der Waals surface area contributed by atoms with E-state index in [0.29, 0.717) is 0 Å². The second-order valence-corrected chi connectivity index (χ2v) is 3.84. The van der Waals surface area contributed by atoms with Gasteiger partial charge in [-0.3, -0.25) is 0 Å². The number of hydrogen-bond donors (Lipinski definition) is 1. The minimum absolute atomic E-state index is 0.880. The molecule has 0 spiro atoms. The third kappa shape index (κ3) is 2.70. The van der Waals surface area contributed by atoms with Crippen molar-refractivity contribution < 1.29 is 0 Å². The molecule has 0 unspecified atom stereocenters. The van der Waals surface area contributed by atoms with Crippen molar-refractivity contribution in [3.63, 3.8) is 0 Å². The molecular formula is C9H19N. The van der Waals surface area contributed by atoms with Gasteiger partial charge in [-0.25, -0.2) is 0 Å². The van der Waals surface area contributed by atoms with Crippen molar-refractivity contribution >= 4 is 0 Å². The van der Waals surface area contributed by atoms with Crippen LogP contribution in [0.3, 0.4) is 0 Å². The molecule has 1 heteroatoms. The average Bonchev–Trinajstić information content (AvgIpc) is 1.88. The lowest BCUT2D eigenvalue weighted by Crippen LogP contribution is -2.30. The maximum absolute atomic E-state index is 3.44. The molecule has 1 nitrogen and oxygen atoms in total. The van der Waals surface area contributed by atoms with Gasteiger partial charge in [0.15, 0.2) is 0 Å². The summed E-state index contributed by atoms with van der Waals surface area (Å²) in [5.74, 6) is 1.85. The van der Waals surface area contributed by atoms with Gasteiger partial charge in [-0.15, -0.1) is 0 Å². The zero-order chi connectivity index (χ0) is 7.40. The number of hydrogen-bond acceptors (Lipinski definition) is 1. The van der Waals surface area contributed by atoms with Crippen molar-refractivity contribution in [3.8, 4) is 0 Å². The molecule has 60 valence electrons. The molecule has 0 amide bonds. The fraction of sp³-hybridized carbons (Fsp3) is 1.00. The van der Waals surface area contributed by atoms with Crippen LogP contribution in [0.15, 0.2) is 0 Å². The van der Waals surface area contributed by atoms with Crippen LogP contribution in [0.2, 0.25) is 0 Å². The van der Waals surface area contributed by atoms with E-state index in [0.717, 1.165) is 11.8 Å². The molecule has 1 fully saturated rings. The lowest BCUT2D eigenvalue weighted by Gasteiger charge is -2.23. The first-order chi connectivity index (χ1) is 4.79. The molecule has 1 aliphatic rings. The lowest BCUT2D eigenvalue weighted by atomic mass is 9.91. The molecule has 10 heavy (non-hydrogen) atoms. The normalized spacial score (nSPS) is 27.3. The summed E-state index contributed by atoms with van der Waals surface area (Å²) in [6.45, 7) is 7.13. The van der Waals surface area contributed by atoms with E-state index in [1.54, 1.807) is 0 Å². The van der Waals surface area contributed by atoms with Gasteiger partial charge < -0.3 is 5.32 Å². The van der Waals surface area contributed by atoms with Gasteiger partial charge in [0, 0.05) is 0 Å². The Bertz CT molecular complexity index is 82.7. The van der Waals surface area contributed by atoms with Crippen molar-refractivity contribution in [2.45, 2.75) is 33.1 Å². The Morgan fingerprint density at radius 1 is 1.50 bits per heavy atom. The molecular weight excluding hydrogens is 122 g/mol. The van der Waals surface area contributed by atoms with Crippen LogP contribution in [0.4, 0.5) is 0 Å². The predicted molar refractivity (Wildman–Crippen MR) is 45.0 cm³/mol. The molecule has 0 aliphatic carbocycles. The van der Waals surface area contributed by atoms with Crippen molar-refractivity contribution in [2.75, 3.05) is 13.1 Å². The van der Waals surface area contributed by atoms with Gasteiger partial charge in [0.1, 0.15) is 0 Å². The highest BCUT2D eigenvalue weighted by atomic mass is 14.9. The Morgan fingerprint density at radius 2 is 2.30 bits per heavy atom. The summed E-state index contributed by atoms with van der Waals surface area (Å²) in [5, 5.41) is 3.44. The third-order valence-corrected chi connectivity index (χ3v) is 2.20. The largest absolute Gasteiger partial charge is 0.316 e. The monoisotopic (exact) mass is 141 g/mol. The average molecular weight is 141 g/mol. The fourth-order valence-electron chi connectivity index (χ4n) is 1.79. The Labute approximate surface area is 64.2 Å². The van der Waals surface area contributed by atoms with Crippen LogP contribution in [-0.2, 0) is 0 Å². The highest BCUT2D eigenvalue weighted by Gasteiger charge is 2.13. The van der Waals surface area contributed by atoms with Crippen LogP contribution in [0, 0.1) is 11.8 Å². The fourth-order valence-corrected chi connectivity index (χ4v) is 1.79. The maximum atomic E-state index is 3.44. The van der Waals surface area contributed by atoms with Gasteiger partial charge in [-0.05, 0) is 44.2 Å². The van der Waals surface area contributed by atoms with Crippen LogP contribution < -0.4 is 5.32 Å². The number of nitrogens with one attached hydrogen (secondary N) is 1. The summed E-state index contributed by atoms with van der Waals surface area (Å²) in [7, 11) is 0. The topological polar surface area (TPSA) is 12.0 Å². The van der Waals surface area contributed by atoms with E-state index < -0.39 is 0 Å². The Morgan fingerprint density at radius 3 is 2.80 bits per heavy atom. The first kappa shape index (κ1) is 8.06. The van der Waals surface area contributed by atoms with Gasteiger partial charge >= 0.3 is 0 Å². The van der Waals surface area contributed by atoms with Crippen LogP contribution in [0.5, 0.6) is 0 Å². The summed E-state index contributed by atoms with van der Waals surface area (Å²) in [6, 6.07) is 0. The molecule has 0 bridgehead atoms. The minimum Gasteiger partial charge on any atom is -0.316 e. The molecule has 0 radical (unpaired) electrons. The summed E-state index contributed by atoms with van der Waals surface area (Å²) in [5.41, 5.74) is 0. The van der Waals surface area contributed by atoms with Gasteiger partial charge in [0.05, 0.1) is 0 Å². The second-order valence-electron chi connectivity index (χ2n) is 3.84. The quantitative estimate of drug-likeness (QED) is 0.620. The maximum Gasteiger partial charge on any atom is -0.00204 e. The standard InChI is InChI=1S/C9H19N/c1-8(2)6-9-4-3-5-10-7-9/h8-10H,3-7H2,1-2H3/t9-/m0/s1. The molecule has 0 aromatic rings. The van der Waals surface area contributed by atoms with Gasteiger partial charge in [0.25, 0.3) is 0 Å². The molecule has 1 rings (SSSR count). The van der Waals surface area contributed by atoms with Gasteiger partial charge in [0.2, 0.25) is 0 Å². The Balaban J connectivity index is 2.13. The first-order valence-electron chi connectivity index (χ1n) is 4.49. The van der Waals surface area contributed by atoms with Gasteiger partial charge in [-0.2, -0.15) is 0 Å². The van der Waals surface area contributed by atoms with Crippen LogP contribution in [-0.4, -0.2) is 13.1 Å². The highest BCUT2D eigenvalue weighted by Crippen LogP contribution is 2.18. The van der Waals surface area contributed by atoms with E-state index >= 15 is 0 Å². The Kier molecular flexibility index (Phi) is 3.20. The van der Waals surface area contributed by atoms with Crippen LogP contribution >= 0.6 is 0 Å². The molecule has 0 aromatic heterocycles. The first-order valence-corrected chi connectivity index (χ1v) is 4.49. The SMILES string of the molecule is CC(C)C[C@@H]1CCCNC1. The number of piperidine rings is 1. The van der Waals surface area contributed by atoms with Crippen molar-refractivity contribution in [3.05, 3.63) is 0 Å². The molecule has 1 aliphatic heterocycles. The molecule has 0 saturated carbocycles. The summed E-state index contributed by atoms with van der Waals surface area (Å²) in [6.07, 6.45) is 4.25. The predicted octanol–water partition coefficient (Wildman–Crippen LogP) is 2.03. The summed E-state index contributed by atoms with van der Waals surface area (Å²) >= 11 is 0. The van der Waals surface area contributed by atoms with E-state index in [9.17, 15) is 0 Å². The summed E-state index contributed by atoms with van der Waals surface area (Å²) in [4.78, 5) is 0. The smallest absolute Gasteiger partial charge is 0.00204 e. The second kappa shape index (κ2) is 3.97. The highest BCUT2D eigenvalue weighted by molar-refractivity contribution is 4.69. The zero-order valence-corrected chi connectivity index (χ0v) is 7.19. The summed E-state index contributed by atoms with van der Waals surface area (Å²) < 4.78 is 0. The third-order valence-electron chi connectivity index (χ3n) is 2.20. The van der Waals surface area contributed by atoms with Crippen LogP contribution in [0.25, 0.3) is 0 Å². The van der Waals surface area contributed by atoms with Crippen molar-refractivity contribution in [1.82, 2.24) is 5.32 Å². The van der Waals surface area contributed by atoms with E-state index in [-0.39, 0.29) is 0 Å². The Hall–Kier alpha value is -0.0400. The van der Waals surface area contributed by atoms with Crippen molar-refractivity contribution in [1.29, 1.82) is 0 Å².